The highest BCUT2D eigenvalue weighted by molar-refractivity contribution is 5.22. The first-order valence-electron chi connectivity index (χ1n) is 6.46. The summed E-state index contributed by atoms with van der Waals surface area (Å²) in [6.45, 7) is 5.39. The topological polar surface area (TPSA) is 24.9 Å². The fourth-order valence-corrected chi connectivity index (χ4v) is 2.82. The zero-order valence-electron chi connectivity index (χ0n) is 10.4. The fourth-order valence-electron chi connectivity index (χ4n) is 2.82. The smallest absolute Gasteiger partial charge is 0.0303 e. The molecule has 1 aliphatic rings. The number of hydrogen-bond acceptors (Lipinski definition) is 2. The number of likely N-dealkylation sites (N-methyl/N-ethyl adjacent to an activating group) is 1. The van der Waals surface area contributed by atoms with Crippen LogP contribution in [-0.2, 0) is 0 Å². The maximum absolute atomic E-state index is 4.33. The van der Waals surface area contributed by atoms with E-state index in [0.717, 1.165) is 6.54 Å². The molecule has 0 aliphatic heterocycles. The van der Waals surface area contributed by atoms with Crippen LogP contribution in [0.15, 0.2) is 18.5 Å². The van der Waals surface area contributed by atoms with Gasteiger partial charge in [-0.25, -0.2) is 0 Å². The van der Waals surface area contributed by atoms with Crippen LogP contribution in [0.2, 0.25) is 0 Å². The molecule has 1 aromatic rings. The van der Waals surface area contributed by atoms with Gasteiger partial charge < -0.3 is 5.32 Å². The molecule has 0 bridgehead atoms. The Labute approximate surface area is 98.5 Å². The Kier molecular flexibility index (Phi) is 3.94. The predicted molar refractivity (Wildman–Crippen MR) is 67.6 cm³/mol. The van der Waals surface area contributed by atoms with Crippen molar-refractivity contribution in [1.29, 1.82) is 0 Å². The standard InChI is InChI=1S/C14H22N2/c1-3-16-14-7-5-4-6-13(14)12-8-11(2)9-15-10-12/h8-10,13-14,16H,3-7H2,1-2H3. The van der Waals surface area contributed by atoms with E-state index in [9.17, 15) is 0 Å². The Morgan fingerprint density at radius 3 is 2.88 bits per heavy atom. The van der Waals surface area contributed by atoms with Gasteiger partial charge >= 0.3 is 0 Å². The van der Waals surface area contributed by atoms with Crippen molar-refractivity contribution in [3.63, 3.8) is 0 Å². The van der Waals surface area contributed by atoms with Crippen LogP contribution in [-0.4, -0.2) is 17.6 Å². The lowest BCUT2D eigenvalue weighted by Crippen LogP contribution is -2.37. The van der Waals surface area contributed by atoms with E-state index in [1.807, 2.05) is 12.4 Å². The first-order valence-corrected chi connectivity index (χ1v) is 6.46. The van der Waals surface area contributed by atoms with E-state index in [4.69, 9.17) is 0 Å². The van der Waals surface area contributed by atoms with Crippen LogP contribution in [0.5, 0.6) is 0 Å². The number of hydrogen-bond donors (Lipinski definition) is 1. The number of aryl methyl sites for hydroxylation is 1. The van der Waals surface area contributed by atoms with E-state index >= 15 is 0 Å². The maximum atomic E-state index is 4.33. The lowest BCUT2D eigenvalue weighted by atomic mass is 9.80. The van der Waals surface area contributed by atoms with E-state index in [1.54, 1.807) is 0 Å². The Balaban J connectivity index is 2.16. The lowest BCUT2D eigenvalue weighted by molar-refractivity contribution is 0.332. The monoisotopic (exact) mass is 218 g/mol. The molecular formula is C14H22N2. The Morgan fingerprint density at radius 1 is 1.31 bits per heavy atom. The summed E-state index contributed by atoms with van der Waals surface area (Å²) in [6, 6.07) is 2.95. The number of aromatic nitrogens is 1. The van der Waals surface area contributed by atoms with Crippen molar-refractivity contribution in [1.82, 2.24) is 10.3 Å². The quantitative estimate of drug-likeness (QED) is 0.843. The largest absolute Gasteiger partial charge is 0.314 e. The van der Waals surface area contributed by atoms with Crippen LogP contribution < -0.4 is 5.32 Å². The third-order valence-electron chi connectivity index (χ3n) is 3.56. The van der Waals surface area contributed by atoms with Crippen LogP contribution in [0.25, 0.3) is 0 Å². The van der Waals surface area contributed by atoms with Crippen LogP contribution >= 0.6 is 0 Å². The molecule has 1 heterocycles. The van der Waals surface area contributed by atoms with E-state index in [1.165, 1.54) is 36.8 Å². The summed E-state index contributed by atoms with van der Waals surface area (Å²) in [5, 5.41) is 3.62. The molecule has 1 aliphatic carbocycles. The van der Waals surface area contributed by atoms with Gasteiger partial charge in [-0.3, -0.25) is 4.98 Å². The van der Waals surface area contributed by atoms with E-state index in [0.29, 0.717) is 12.0 Å². The molecule has 2 atom stereocenters. The second-order valence-electron chi connectivity index (χ2n) is 4.85. The molecule has 2 rings (SSSR count). The third-order valence-corrected chi connectivity index (χ3v) is 3.56. The number of nitrogens with zero attached hydrogens (tertiary/aromatic N) is 1. The van der Waals surface area contributed by atoms with Crippen LogP contribution in [0, 0.1) is 6.92 Å². The highest BCUT2D eigenvalue weighted by atomic mass is 14.9. The molecule has 0 amide bonds. The third kappa shape index (κ3) is 2.62. The molecule has 1 N–H and O–H groups in total. The molecule has 2 nitrogen and oxygen atoms in total. The zero-order valence-corrected chi connectivity index (χ0v) is 10.4. The molecule has 1 fully saturated rings. The highest BCUT2D eigenvalue weighted by Gasteiger charge is 2.25. The number of nitrogens with one attached hydrogen (secondary N) is 1. The molecule has 2 unspecified atom stereocenters. The maximum Gasteiger partial charge on any atom is 0.0303 e. The van der Waals surface area contributed by atoms with E-state index < -0.39 is 0 Å². The second kappa shape index (κ2) is 5.44. The van der Waals surface area contributed by atoms with Crippen molar-refractivity contribution in [2.75, 3.05) is 6.54 Å². The SMILES string of the molecule is CCNC1CCCCC1c1cncc(C)c1. The summed E-state index contributed by atoms with van der Waals surface area (Å²) in [4.78, 5) is 4.33. The molecule has 16 heavy (non-hydrogen) atoms. The summed E-state index contributed by atoms with van der Waals surface area (Å²) in [6.07, 6.45) is 9.34. The Morgan fingerprint density at radius 2 is 2.12 bits per heavy atom. The average Bonchev–Trinajstić information content (AvgIpc) is 2.30. The minimum Gasteiger partial charge on any atom is -0.314 e. The van der Waals surface area contributed by atoms with Gasteiger partial charge in [0.15, 0.2) is 0 Å². The molecule has 1 aromatic heterocycles. The fraction of sp³-hybridized carbons (Fsp3) is 0.643. The van der Waals surface area contributed by atoms with Gasteiger partial charge in [-0.05, 0) is 37.4 Å². The number of rotatable bonds is 3. The first kappa shape index (κ1) is 11.6. The van der Waals surface area contributed by atoms with Gasteiger partial charge in [0.1, 0.15) is 0 Å². The van der Waals surface area contributed by atoms with Crippen LogP contribution in [0.3, 0.4) is 0 Å². The van der Waals surface area contributed by atoms with Crippen molar-refractivity contribution >= 4 is 0 Å². The van der Waals surface area contributed by atoms with Crippen molar-refractivity contribution in [2.45, 2.75) is 51.5 Å². The zero-order chi connectivity index (χ0) is 11.4. The normalized spacial score (nSPS) is 25.6. The first-order chi connectivity index (χ1) is 7.81. The number of pyridine rings is 1. The predicted octanol–water partition coefficient (Wildman–Crippen LogP) is 3.03. The molecule has 0 saturated heterocycles. The lowest BCUT2D eigenvalue weighted by Gasteiger charge is -2.32. The van der Waals surface area contributed by atoms with Crippen molar-refractivity contribution in [3.05, 3.63) is 29.6 Å². The molecule has 0 radical (unpaired) electrons. The molecule has 1 saturated carbocycles. The molecule has 0 spiro atoms. The van der Waals surface area contributed by atoms with Gasteiger partial charge in [-0.2, -0.15) is 0 Å². The van der Waals surface area contributed by atoms with E-state index in [2.05, 4.69) is 30.2 Å². The molecular weight excluding hydrogens is 196 g/mol. The van der Waals surface area contributed by atoms with Gasteiger partial charge in [-0.1, -0.05) is 25.8 Å². The van der Waals surface area contributed by atoms with Crippen LogP contribution in [0.1, 0.15) is 49.7 Å². The van der Waals surface area contributed by atoms with Gasteiger partial charge in [0, 0.05) is 24.4 Å². The van der Waals surface area contributed by atoms with Gasteiger partial charge in [0.2, 0.25) is 0 Å². The van der Waals surface area contributed by atoms with Gasteiger partial charge in [0.05, 0.1) is 0 Å². The molecule has 0 aromatic carbocycles. The summed E-state index contributed by atoms with van der Waals surface area (Å²) in [7, 11) is 0. The molecule has 88 valence electrons. The van der Waals surface area contributed by atoms with Crippen molar-refractivity contribution in [2.24, 2.45) is 0 Å². The minimum atomic E-state index is 0.655. The molecule has 2 heteroatoms. The summed E-state index contributed by atoms with van der Waals surface area (Å²) in [5.41, 5.74) is 2.70. The van der Waals surface area contributed by atoms with Crippen molar-refractivity contribution < 1.29 is 0 Å². The minimum absolute atomic E-state index is 0.655. The summed E-state index contributed by atoms with van der Waals surface area (Å²) in [5.74, 6) is 0.668. The van der Waals surface area contributed by atoms with Crippen molar-refractivity contribution in [3.8, 4) is 0 Å². The van der Waals surface area contributed by atoms with Gasteiger partial charge in [-0.15, -0.1) is 0 Å². The second-order valence-corrected chi connectivity index (χ2v) is 4.85. The van der Waals surface area contributed by atoms with Crippen LogP contribution in [0.4, 0.5) is 0 Å². The Hall–Kier alpha value is -0.890. The Bertz CT molecular complexity index is 333. The highest BCUT2D eigenvalue weighted by Crippen LogP contribution is 2.32. The summed E-state index contributed by atoms with van der Waals surface area (Å²) < 4.78 is 0. The average molecular weight is 218 g/mol. The summed E-state index contributed by atoms with van der Waals surface area (Å²) >= 11 is 0. The van der Waals surface area contributed by atoms with Gasteiger partial charge in [0.25, 0.3) is 0 Å². The van der Waals surface area contributed by atoms with E-state index in [-0.39, 0.29) is 0 Å².